The Hall–Kier alpha value is -2.08. The van der Waals surface area contributed by atoms with Crippen LogP contribution >= 0.6 is 20.8 Å². The standard InChI is InChI=1S/C26H31BrNO4P/c27-33(23-10-4-1-5-11-23,24-12-6-2-7-13-24,25-14-8-3-9-15-25)21-20-31-17-16-30-18-19-32-26(29)22-28/h1-15H,16-22,28H2. The van der Waals surface area contributed by atoms with Gasteiger partial charge in [-0.05, 0) is 0 Å². The minimum absolute atomic E-state index is 0.119. The first-order valence-corrected chi connectivity index (χ1v) is 15.4. The van der Waals surface area contributed by atoms with E-state index < -0.39 is 11.3 Å². The SMILES string of the molecule is NCC(=O)OCCOCCOCCP(Br)(c1ccccc1)(c1ccccc1)c1ccccc1. The summed E-state index contributed by atoms with van der Waals surface area (Å²) in [5, 5.41) is 0.841. The Balaban J connectivity index is 1.75. The Bertz CT molecular complexity index is 890. The van der Waals surface area contributed by atoms with Crippen molar-refractivity contribution >= 4 is 42.7 Å². The topological polar surface area (TPSA) is 70.8 Å². The summed E-state index contributed by atoms with van der Waals surface area (Å²) < 4.78 is 16.4. The van der Waals surface area contributed by atoms with Crippen LogP contribution in [0.1, 0.15) is 0 Å². The first-order chi connectivity index (χ1) is 16.1. The van der Waals surface area contributed by atoms with Crippen molar-refractivity contribution in [3.05, 3.63) is 91.0 Å². The van der Waals surface area contributed by atoms with Crippen LogP contribution in [0.5, 0.6) is 0 Å². The molecule has 0 spiro atoms. The summed E-state index contributed by atoms with van der Waals surface area (Å²) in [5.74, 6) is -0.429. The average Bonchev–Trinajstić information content (AvgIpc) is 2.89. The van der Waals surface area contributed by atoms with Crippen molar-refractivity contribution in [3.8, 4) is 0 Å². The van der Waals surface area contributed by atoms with Gasteiger partial charge in [0.05, 0.1) is 0 Å². The zero-order chi connectivity index (χ0) is 23.4. The molecule has 2 N–H and O–H groups in total. The molecular formula is C26H31BrNO4P. The zero-order valence-corrected chi connectivity index (χ0v) is 21.1. The molecule has 0 unspecified atom stereocenters. The number of halogens is 1. The molecule has 3 aromatic carbocycles. The van der Waals surface area contributed by atoms with Gasteiger partial charge in [0, 0.05) is 0 Å². The third-order valence-electron chi connectivity index (χ3n) is 5.57. The molecule has 0 radical (unpaired) electrons. The molecule has 7 heteroatoms. The quantitative estimate of drug-likeness (QED) is 0.208. The van der Waals surface area contributed by atoms with Gasteiger partial charge in [-0.1, -0.05) is 0 Å². The van der Waals surface area contributed by atoms with Gasteiger partial charge in [-0.15, -0.1) is 0 Å². The number of carbonyl (C=O) groups excluding carboxylic acids is 1. The van der Waals surface area contributed by atoms with Gasteiger partial charge in [0.15, 0.2) is 0 Å². The van der Waals surface area contributed by atoms with E-state index >= 15 is 0 Å². The Kier molecular flexibility index (Phi) is 9.60. The fraction of sp³-hybridized carbons (Fsp3) is 0.269. The maximum absolute atomic E-state index is 11.0. The van der Waals surface area contributed by atoms with Crippen molar-refractivity contribution in [1.82, 2.24) is 0 Å². The van der Waals surface area contributed by atoms with Gasteiger partial charge in [-0.25, -0.2) is 0 Å². The average molecular weight is 532 g/mol. The molecule has 33 heavy (non-hydrogen) atoms. The number of carbonyl (C=O) groups is 1. The molecule has 3 rings (SSSR count). The summed E-state index contributed by atoms with van der Waals surface area (Å²) in [6.45, 7) is 1.86. The predicted molar refractivity (Wildman–Crippen MR) is 141 cm³/mol. The van der Waals surface area contributed by atoms with Crippen molar-refractivity contribution < 1.29 is 19.0 Å². The zero-order valence-electron chi connectivity index (χ0n) is 18.6. The normalized spacial score (nSPS) is 12.6. The van der Waals surface area contributed by atoms with Gasteiger partial charge >= 0.3 is 204 Å². The Labute approximate surface area is 203 Å². The van der Waals surface area contributed by atoms with E-state index in [1.165, 1.54) is 15.9 Å². The maximum atomic E-state index is 11.0. The van der Waals surface area contributed by atoms with E-state index in [1.807, 2.05) is 18.2 Å². The van der Waals surface area contributed by atoms with E-state index in [0.717, 1.165) is 6.16 Å². The molecule has 0 aromatic heterocycles. The molecule has 176 valence electrons. The first-order valence-electron chi connectivity index (χ1n) is 11.0. The second-order valence-corrected chi connectivity index (χ2v) is 16.6. The molecule has 0 saturated heterocycles. The molecule has 0 saturated carbocycles. The number of ether oxygens (including phenoxy) is 3. The van der Waals surface area contributed by atoms with E-state index in [2.05, 4.69) is 88.3 Å². The van der Waals surface area contributed by atoms with Crippen LogP contribution < -0.4 is 21.6 Å². The van der Waals surface area contributed by atoms with Gasteiger partial charge in [0.2, 0.25) is 0 Å². The molecule has 0 amide bonds. The fourth-order valence-electron chi connectivity index (χ4n) is 3.88. The number of esters is 1. The predicted octanol–water partition coefficient (Wildman–Crippen LogP) is 3.36. The Morgan fingerprint density at radius 1 is 0.667 bits per heavy atom. The summed E-state index contributed by atoms with van der Waals surface area (Å²) in [6.07, 6.45) is 0.803. The molecule has 0 fully saturated rings. The van der Waals surface area contributed by atoms with Crippen molar-refractivity contribution in [1.29, 1.82) is 0 Å². The van der Waals surface area contributed by atoms with Gasteiger partial charge in [-0.3, -0.25) is 0 Å². The van der Waals surface area contributed by atoms with E-state index in [9.17, 15) is 4.79 Å². The van der Waals surface area contributed by atoms with Crippen LogP contribution in [0.4, 0.5) is 0 Å². The van der Waals surface area contributed by atoms with E-state index in [-0.39, 0.29) is 13.2 Å². The van der Waals surface area contributed by atoms with Crippen molar-refractivity contribution in [2.45, 2.75) is 0 Å². The van der Waals surface area contributed by atoms with Crippen LogP contribution in [-0.2, 0) is 19.0 Å². The summed E-state index contributed by atoms with van der Waals surface area (Å²) in [6, 6.07) is 31.9. The number of benzene rings is 3. The number of hydrogen-bond acceptors (Lipinski definition) is 5. The van der Waals surface area contributed by atoms with Gasteiger partial charge in [0.1, 0.15) is 0 Å². The van der Waals surface area contributed by atoms with Crippen molar-refractivity contribution in [2.75, 3.05) is 45.7 Å². The third kappa shape index (κ3) is 6.08. The molecule has 0 atom stereocenters. The van der Waals surface area contributed by atoms with Crippen LogP contribution in [0, 0.1) is 0 Å². The van der Waals surface area contributed by atoms with Crippen LogP contribution in [0.2, 0.25) is 0 Å². The van der Waals surface area contributed by atoms with Gasteiger partial charge < -0.3 is 0 Å². The summed E-state index contributed by atoms with van der Waals surface area (Å²) in [5.41, 5.74) is 5.20. The molecule has 0 aliphatic heterocycles. The molecule has 5 nitrogen and oxygen atoms in total. The number of hydrogen-bond donors (Lipinski definition) is 1. The Morgan fingerprint density at radius 3 is 1.48 bits per heavy atom. The van der Waals surface area contributed by atoms with E-state index in [0.29, 0.717) is 26.4 Å². The summed E-state index contributed by atoms with van der Waals surface area (Å²) in [4.78, 5) is 11.0. The van der Waals surface area contributed by atoms with Crippen molar-refractivity contribution in [3.63, 3.8) is 0 Å². The first kappa shape index (κ1) is 25.5. The van der Waals surface area contributed by atoms with E-state index in [1.54, 1.807) is 0 Å². The molecular weight excluding hydrogens is 501 g/mol. The second kappa shape index (κ2) is 12.4. The molecule has 0 aliphatic carbocycles. The molecule has 3 aromatic rings. The van der Waals surface area contributed by atoms with Crippen LogP contribution in [-0.4, -0.2) is 51.7 Å². The number of rotatable bonds is 13. The van der Waals surface area contributed by atoms with Gasteiger partial charge in [0.25, 0.3) is 0 Å². The van der Waals surface area contributed by atoms with Crippen LogP contribution in [0.25, 0.3) is 0 Å². The Morgan fingerprint density at radius 2 is 1.06 bits per heavy atom. The number of nitrogens with two attached hydrogens (primary N) is 1. The molecule has 0 bridgehead atoms. The molecule has 0 aliphatic rings. The third-order valence-corrected chi connectivity index (χ3v) is 15.5. The fourth-order valence-corrected chi connectivity index (χ4v) is 11.0. The van der Waals surface area contributed by atoms with Crippen molar-refractivity contribution in [2.24, 2.45) is 5.73 Å². The van der Waals surface area contributed by atoms with Crippen LogP contribution in [0.15, 0.2) is 91.0 Å². The molecule has 0 heterocycles. The summed E-state index contributed by atoms with van der Waals surface area (Å²) in [7, 11) is 0. The summed E-state index contributed by atoms with van der Waals surface area (Å²) >= 11 is 4.40. The monoisotopic (exact) mass is 531 g/mol. The van der Waals surface area contributed by atoms with E-state index in [4.69, 9.17) is 19.9 Å². The van der Waals surface area contributed by atoms with Crippen LogP contribution in [0.3, 0.4) is 0 Å². The van der Waals surface area contributed by atoms with Gasteiger partial charge in [-0.2, -0.15) is 0 Å². The minimum atomic E-state index is -2.96. The second-order valence-electron chi connectivity index (χ2n) is 7.56.